The minimum absolute atomic E-state index is 0.285. The maximum atomic E-state index is 4.52. The lowest BCUT2D eigenvalue weighted by Gasteiger charge is -2.21. The molecule has 4 heteroatoms. The van der Waals surface area contributed by atoms with Crippen molar-refractivity contribution in [1.82, 2.24) is 14.9 Å². The number of hydrogen-bond acceptors (Lipinski definition) is 2. The zero-order valence-corrected chi connectivity index (χ0v) is 14.7. The van der Waals surface area contributed by atoms with Crippen molar-refractivity contribution in [1.29, 1.82) is 0 Å². The van der Waals surface area contributed by atoms with Crippen molar-refractivity contribution in [2.45, 2.75) is 46.2 Å². The summed E-state index contributed by atoms with van der Waals surface area (Å²) < 4.78 is 3.38. The molecule has 0 fully saturated rings. The smallest absolute Gasteiger partial charge is 0.110 e. The summed E-state index contributed by atoms with van der Waals surface area (Å²) >= 11 is 3.71. The van der Waals surface area contributed by atoms with Crippen LogP contribution in [-0.2, 0) is 13.0 Å². The Balaban J connectivity index is 2.25. The molecule has 1 aromatic carbocycles. The van der Waals surface area contributed by atoms with Gasteiger partial charge in [-0.15, -0.1) is 0 Å². The van der Waals surface area contributed by atoms with Crippen LogP contribution in [0.2, 0.25) is 0 Å². The van der Waals surface area contributed by atoms with Crippen molar-refractivity contribution < 1.29 is 0 Å². The third-order valence-electron chi connectivity index (χ3n) is 3.70. The fourth-order valence-electron chi connectivity index (χ4n) is 2.53. The average Bonchev–Trinajstić information content (AvgIpc) is 2.91. The molecule has 1 N–H and O–H groups in total. The second kappa shape index (κ2) is 7.76. The van der Waals surface area contributed by atoms with Gasteiger partial charge in [-0.25, -0.2) is 4.98 Å². The number of benzene rings is 1. The summed E-state index contributed by atoms with van der Waals surface area (Å²) in [6.45, 7) is 8.44. The van der Waals surface area contributed by atoms with Crippen LogP contribution in [0.15, 0.2) is 35.1 Å². The molecule has 1 aromatic heterocycles. The van der Waals surface area contributed by atoms with Crippen LogP contribution in [0.4, 0.5) is 0 Å². The Morgan fingerprint density at radius 3 is 2.81 bits per heavy atom. The van der Waals surface area contributed by atoms with Crippen LogP contribution >= 0.6 is 15.9 Å². The number of aryl methyl sites for hydroxylation is 2. The van der Waals surface area contributed by atoms with Crippen LogP contribution in [0.1, 0.15) is 43.3 Å². The summed E-state index contributed by atoms with van der Waals surface area (Å²) in [6.07, 6.45) is 5.97. The quantitative estimate of drug-likeness (QED) is 0.809. The predicted octanol–water partition coefficient (Wildman–Crippen LogP) is 4.26. The monoisotopic (exact) mass is 349 g/mol. The van der Waals surface area contributed by atoms with Crippen LogP contribution < -0.4 is 5.32 Å². The Hall–Kier alpha value is -1.13. The molecule has 1 heterocycles. The number of nitrogens with zero attached hydrogens (tertiary/aromatic N) is 2. The van der Waals surface area contributed by atoms with Gasteiger partial charge in [0, 0.05) is 35.9 Å². The normalized spacial score (nSPS) is 12.6. The number of imidazole rings is 1. The molecule has 1 unspecified atom stereocenters. The zero-order valence-electron chi connectivity index (χ0n) is 13.1. The zero-order chi connectivity index (χ0) is 15.2. The topological polar surface area (TPSA) is 29.9 Å². The minimum Gasteiger partial charge on any atom is -0.335 e. The molecule has 0 saturated carbocycles. The molecule has 3 nitrogen and oxygen atoms in total. The van der Waals surface area contributed by atoms with Gasteiger partial charge in [-0.3, -0.25) is 0 Å². The summed E-state index contributed by atoms with van der Waals surface area (Å²) in [5, 5.41) is 3.65. The van der Waals surface area contributed by atoms with Gasteiger partial charge in [-0.1, -0.05) is 35.0 Å². The van der Waals surface area contributed by atoms with E-state index in [0.717, 1.165) is 31.8 Å². The van der Waals surface area contributed by atoms with Gasteiger partial charge in [0.1, 0.15) is 5.82 Å². The van der Waals surface area contributed by atoms with E-state index < -0.39 is 0 Å². The molecule has 0 aliphatic carbocycles. The number of aromatic nitrogens is 2. The van der Waals surface area contributed by atoms with Gasteiger partial charge in [-0.05, 0) is 44.0 Å². The van der Waals surface area contributed by atoms with Gasteiger partial charge >= 0.3 is 0 Å². The second-order valence-corrected chi connectivity index (χ2v) is 6.22. The minimum atomic E-state index is 0.285. The number of nitrogens with one attached hydrogen (secondary N) is 1. The molecule has 21 heavy (non-hydrogen) atoms. The predicted molar refractivity (Wildman–Crippen MR) is 91.5 cm³/mol. The van der Waals surface area contributed by atoms with Crippen molar-refractivity contribution in [2.24, 2.45) is 0 Å². The van der Waals surface area contributed by atoms with Gasteiger partial charge in [-0.2, -0.15) is 0 Å². The van der Waals surface area contributed by atoms with Crippen LogP contribution in [0.25, 0.3) is 0 Å². The molecule has 0 saturated heterocycles. The Morgan fingerprint density at radius 2 is 2.14 bits per heavy atom. The Kier molecular flexibility index (Phi) is 6.00. The van der Waals surface area contributed by atoms with Crippen molar-refractivity contribution in [3.63, 3.8) is 0 Å². The first kappa shape index (κ1) is 16.2. The van der Waals surface area contributed by atoms with Crippen LogP contribution in [-0.4, -0.2) is 16.1 Å². The molecule has 0 spiro atoms. The average molecular weight is 350 g/mol. The highest BCUT2D eigenvalue weighted by Crippen LogP contribution is 2.27. The maximum Gasteiger partial charge on any atom is 0.110 e. The van der Waals surface area contributed by atoms with E-state index in [0.29, 0.717) is 0 Å². The molecular weight excluding hydrogens is 326 g/mol. The highest BCUT2D eigenvalue weighted by molar-refractivity contribution is 9.10. The summed E-state index contributed by atoms with van der Waals surface area (Å²) in [5.74, 6) is 1.14. The molecule has 0 aliphatic rings. The summed E-state index contributed by atoms with van der Waals surface area (Å²) in [5.41, 5.74) is 2.58. The van der Waals surface area contributed by atoms with Gasteiger partial charge < -0.3 is 9.88 Å². The molecule has 2 aromatic rings. The molecule has 0 bridgehead atoms. The lowest BCUT2D eigenvalue weighted by atomic mass is 10.0. The first-order chi connectivity index (χ1) is 10.2. The van der Waals surface area contributed by atoms with E-state index in [-0.39, 0.29) is 6.04 Å². The third-order valence-corrected chi connectivity index (χ3v) is 4.39. The molecule has 0 radical (unpaired) electrons. The lowest BCUT2D eigenvalue weighted by Crippen LogP contribution is -2.25. The number of hydrogen-bond donors (Lipinski definition) is 1. The van der Waals surface area contributed by atoms with Crippen molar-refractivity contribution >= 4 is 15.9 Å². The van der Waals surface area contributed by atoms with Crippen LogP contribution in [0.3, 0.4) is 0 Å². The molecular formula is C17H24BrN3. The van der Waals surface area contributed by atoms with E-state index in [1.807, 2.05) is 6.20 Å². The van der Waals surface area contributed by atoms with E-state index in [2.05, 4.69) is 76.0 Å². The van der Waals surface area contributed by atoms with Crippen LogP contribution in [0, 0.1) is 6.92 Å². The van der Waals surface area contributed by atoms with Crippen molar-refractivity contribution in [2.75, 3.05) is 6.54 Å². The SMILES string of the molecule is CCCNC(Cc1nccn1CC)c1ccc(C)cc1Br. The number of halogens is 1. The molecule has 0 amide bonds. The van der Waals surface area contributed by atoms with E-state index in [1.54, 1.807) is 0 Å². The first-order valence-corrected chi connectivity index (χ1v) is 8.44. The Bertz CT molecular complexity index is 577. The fourth-order valence-corrected chi connectivity index (χ4v) is 3.30. The maximum absolute atomic E-state index is 4.52. The highest BCUT2D eigenvalue weighted by Gasteiger charge is 2.17. The number of rotatable bonds is 7. The third kappa shape index (κ3) is 4.17. The van der Waals surface area contributed by atoms with Crippen LogP contribution in [0.5, 0.6) is 0 Å². The Morgan fingerprint density at radius 1 is 1.33 bits per heavy atom. The molecule has 0 aliphatic heterocycles. The fraction of sp³-hybridized carbons (Fsp3) is 0.471. The van der Waals surface area contributed by atoms with Crippen molar-refractivity contribution in [3.8, 4) is 0 Å². The largest absolute Gasteiger partial charge is 0.335 e. The molecule has 2 rings (SSSR count). The molecule has 114 valence electrons. The van der Waals surface area contributed by atoms with Crippen molar-refractivity contribution in [3.05, 3.63) is 52.0 Å². The van der Waals surface area contributed by atoms with E-state index in [9.17, 15) is 0 Å². The molecule has 1 atom stereocenters. The van der Waals surface area contributed by atoms with Gasteiger partial charge in [0.2, 0.25) is 0 Å². The standard InChI is InChI=1S/C17H24BrN3/c1-4-8-19-16(12-17-20-9-10-21(17)5-2)14-7-6-13(3)11-15(14)18/h6-7,9-11,16,19H,4-5,8,12H2,1-3H3. The van der Waals surface area contributed by atoms with Gasteiger partial charge in [0.25, 0.3) is 0 Å². The second-order valence-electron chi connectivity index (χ2n) is 5.37. The van der Waals surface area contributed by atoms with Gasteiger partial charge in [0.05, 0.1) is 0 Å². The first-order valence-electron chi connectivity index (χ1n) is 7.65. The highest BCUT2D eigenvalue weighted by atomic mass is 79.9. The lowest BCUT2D eigenvalue weighted by molar-refractivity contribution is 0.505. The van der Waals surface area contributed by atoms with E-state index in [1.165, 1.54) is 15.6 Å². The van der Waals surface area contributed by atoms with Gasteiger partial charge in [0.15, 0.2) is 0 Å². The summed E-state index contributed by atoms with van der Waals surface area (Å²) in [7, 11) is 0. The summed E-state index contributed by atoms with van der Waals surface area (Å²) in [4.78, 5) is 4.52. The Labute approximate surface area is 135 Å². The van der Waals surface area contributed by atoms with E-state index >= 15 is 0 Å². The van der Waals surface area contributed by atoms with E-state index in [4.69, 9.17) is 0 Å². The summed E-state index contributed by atoms with van der Waals surface area (Å²) in [6, 6.07) is 6.86.